The van der Waals surface area contributed by atoms with Gasteiger partial charge in [0.1, 0.15) is 0 Å². The van der Waals surface area contributed by atoms with Crippen molar-refractivity contribution in [2.75, 3.05) is 13.2 Å². The van der Waals surface area contributed by atoms with Gasteiger partial charge in [-0.25, -0.2) is 8.78 Å². The summed E-state index contributed by atoms with van der Waals surface area (Å²) in [6.07, 6.45) is 4.34. The normalized spacial score (nSPS) is 32.3. The minimum atomic E-state index is -0.722. The number of hydrogen-bond donors (Lipinski definition) is 0. The van der Waals surface area contributed by atoms with Gasteiger partial charge in [0.2, 0.25) is 0 Å². The van der Waals surface area contributed by atoms with Crippen LogP contribution in [0.25, 0.3) is 0 Å². The van der Waals surface area contributed by atoms with Crippen LogP contribution in [0.15, 0.2) is 12.1 Å². The first-order valence-electron chi connectivity index (χ1n) is 7.73. The molecule has 5 heteroatoms. The summed E-state index contributed by atoms with van der Waals surface area (Å²) in [7, 11) is 0. The molecule has 0 radical (unpaired) electrons. The van der Waals surface area contributed by atoms with E-state index >= 15 is 0 Å². The first kappa shape index (κ1) is 18.4. The van der Waals surface area contributed by atoms with E-state index in [1.165, 1.54) is 37.8 Å². The van der Waals surface area contributed by atoms with Crippen molar-refractivity contribution in [1.29, 1.82) is 0 Å². The molecule has 0 spiro atoms. The van der Waals surface area contributed by atoms with Gasteiger partial charge in [0.25, 0.3) is 0 Å². The fraction of sp³-hybridized carbons (Fsp3) is 0.647. The quantitative estimate of drug-likeness (QED) is 0.710. The molecule has 0 unspecified atom stereocenters. The molecule has 1 heterocycles. The summed E-state index contributed by atoms with van der Waals surface area (Å²) in [5, 5.41) is 0. The Morgan fingerprint density at radius 2 is 1.50 bits per heavy atom. The van der Waals surface area contributed by atoms with Gasteiger partial charge in [-0.05, 0) is 24.7 Å². The van der Waals surface area contributed by atoms with E-state index in [1.807, 2.05) is 6.07 Å². The fourth-order valence-electron chi connectivity index (χ4n) is 3.40. The average Bonchev–Trinajstić information content (AvgIpc) is 2.47. The second-order valence-electron chi connectivity index (χ2n) is 6.39. The SMILES string of the molecule is CC1CCC(C2COC(c3cc(F)[c-]c(F)c3)OC2)CC1.[Y+3]. The summed E-state index contributed by atoms with van der Waals surface area (Å²) in [5.41, 5.74) is 0.388. The van der Waals surface area contributed by atoms with Crippen molar-refractivity contribution in [2.24, 2.45) is 17.8 Å². The zero-order chi connectivity index (χ0) is 14.8. The molecule has 2 nitrogen and oxygen atoms in total. The van der Waals surface area contributed by atoms with Crippen LogP contribution in [0.2, 0.25) is 0 Å². The Labute approximate surface area is 155 Å². The van der Waals surface area contributed by atoms with Gasteiger partial charge in [-0.1, -0.05) is 25.3 Å². The Morgan fingerprint density at radius 3 is 2.05 bits per heavy atom. The van der Waals surface area contributed by atoms with E-state index in [-0.39, 0.29) is 32.7 Å². The van der Waals surface area contributed by atoms with E-state index in [9.17, 15) is 8.78 Å². The maximum atomic E-state index is 13.2. The van der Waals surface area contributed by atoms with Crippen LogP contribution in [0, 0.1) is 35.5 Å². The summed E-state index contributed by atoms with van der Waals surface area (Å²) >= 11 is 0. The predicted molar refractivity (Wildman–Crippen MR) is 74.5 cm³/mol. The number of ether oxygens (including phenoxy) is 2. The van der Waals surface area contributed by atoms with Crippen LogP contribution in [-0.4, -0.2) is 13.2 Å². The van der Waals surface area contributed by atoms with E-state index in [0.717, 1.165) is 5.92 Å². The Kier molecular flexibility index (Phi) is 6.94. The van der Waals surface area contributed by atoms with E-state index in [2.05, 4.69) is 6.92 Å². The molecule has 22 heavy (non-hydrogen) atoms. The monoisotopic (exact) mass is 384 g/mol. The van der Waals surface area contributed by atoms with Crippen molar-refractivity contribution in [3.63, 3.8) is 0 Å². The van der Waals surface area contributed by atoms with Crippen LogP contribution in [0.3, 0.4) is 0 Å². The topological polar surface area (TPSA) is 18.5 Å². The first-order valence-corrected chi connectivity index (χ1v) is 7.73. The minimum Gasteiger partial charge on any atom is -0.350 e. The van der Waals surface area contributed by atoms with Gasteiger partial charge in [0.15, 0.2) is 6.29 Å². The Hall–Kier alpha value is 0.104. The molecule has 2 aliphatic rings. The molecule has 1 aliphatic carbocycles. The molecule has 3 rings (SSSR count). The zero-order valence-electron chi connectivity index (χ0n) is 12.9. The molecule has 116 valence electrons. The van der Waals surface area contributed by atoms with E-state index < -0.39 is 17.9 Å². The zero-order valence-corrected chi connectivity index (χ0v) is 15.7. The van der Waals surface area contributed by atoms with Crippen molar-refractivity contribution in [3.8, 4) is 0 Å². The number of rotatable bonds is 2. The van der Waals surface area contributed by atoms with Crippen LogP contribution in [-0.2, 0) is 42.2 Å². The molecule has 1 aliphatic heterocycles. The standard InChI is InChI=1S/C17H21F2O2.Y/c1-11-2-4-12(5-3-11)14-9-20-17(21-10-14)13-6-15(18)8-16(19)7-13;/h6-7,11-12,14,17H,2-5,9-10H2,1H3;/q-1;+3. The maximum Gasteiger partial charge on any atom is 3.00 e. The van der Waals surface area contributed by atoms with Gasteiger partial charge in [0.05, 0.1) is 13.2 Å². The van der Waals surface area contributed by atoms with Gasteiger partial charge >= 0.3 is 32.7 Å². The van der Waals surface area contributed by atoms with Crippen LogP contribution in [0.1, 0.15) is 44.5 Å². The Bertz CT molecular complexity index is 461. The van der Waals surface area contributed by atoms with Crippen molar-refractivity contribution >= 4 is 0 Å². The van der Waals surface area contributed by atoms with Gasteiger partial charge in [-0.2, -0.15) is 0 Å². The number of hydrogen-bond acceptors (Lipinski definition) is 2. The summed E-state index contributed by atoms with van der Waals surface area (Å²) in [6.45, 7) is 3.51. The van der Waals surface area contributed by atoms with Crippen LogP contribution < -0.4 is 0 Å². The van der Waals surface area contributed by atoms with Crippen LogP contribution >= 0.6 is 0 Å². The van der Waals surface area contributed by atoms with Crippen molar-refractivity contribution < 1.29 is 51.0 Å². The van der Waals surface area contributed by atoms with Gasteiger partial charge < -0.3 is 9.47 Å². The maximum absolute atomic E-state index is 13.2. The van der Waals surface area contributed by atoms with E-state index in [0.29, 0.717) is 30.6 Å². The third kappa shape index (κ3) is 4.56. The number of halogens is 2. The summed E-state index contributed by atoms with van der Waals surface area (Å²) in [4.78, 5) is 0. The molecule has 0 N–H and O–H groups in total. The Balaban J connectivity index is 0.00000176. The van der Waals surface area contributed by atoms with E-state index in [1.54, 1.807) is 0 Å². The summed E-state index contributed by atoms with van der Waals surface area (Å²) in [5.74, 6) is 0.436. The minimum absolute atomic E-state index is 0. The van der Waals surface area contributed by atoms with Gasteiger partial charge in [-0.15, -0.1) is 18.2 Å². The van der Waals surface area contributed by atoms with Crippen LogP contribution in [0.5, 0.6) is 0 Å². The largest absolute Gasteiger partial charge is 3.00 e. The molecule has 1 saturated heterocycles. The van der Waals surface area contributed by atoms with Gasteiger partial charge in [0, 0.05) is 17.6 Å². The molecular weight excluding hydrogens is 363 g/mol. The fourth-order valence-corrected chi connectivity index (χ4v) is 3.40. The van der Waals surface area contributed by atoms with Crippen LogP contribution in [0.4, 0.5) is 8.78 Å². The average molecular weight is 384 g/mol. The molecule has 1 aromatic rings. The summed E-state index contributed by atoms with van der Waals surface area (Å²) in [6, 6.07) is 4.41. The first-order chi connectivity index (χ1) is 10.1. The molecular formula is C17H21F2O2Y+2. The third-order valence-corrected chi connectivity index (χ3v) is 4.75. The molecule has 0 bridgehead atoms. The smallest absolute Gasteiger partial charge is 0.350 e. The summed E-state index contributed by atoms with van der Waals surface area (Å²) < 4.78 is 37.8. The number of benzene rings is 1. The van der Waals surface area contributed by atoms with Crippen molar-refractivity contribution in [3.05, 3.63) is 35.4 Å². The predicted octanol–water partition coefficient (Wildman–Crippen LogP) is 4.25. The molecule has 0 atom stereocenters. The molecule has 1 aromatic carbocycles. The second kappa shape index (κ2) is 8.28. The van der Waals surface area contributed by atoms with E-state index in [4.69, 9.17) is 9.47 Å². The Morgan fingerprint density at radius 1 is 0.955 bits per heavy atom. The van der Waals surface area contributed by atoms with Crippen molar-refractivity contribution in [2.45, 2.75) is 38.9 Å². The third-order valence-electron chi connectivity index (χ3n) is 4.75. The molecule has 2 fully saturated rings. The molecule has 1 saturated carbocycles. The van der Waals surface area contributed by atoms with Gasteiger partial charge in [-0.3, -0.25) is 0 Å². The molecule has 0 amide bonds. The van der Waals surface area contributed by atoms with Crippen molar-refractivity contribution in [1.82, 2.24) is 0 Å². The molecule has 0 aromatic heterocycles. The second-order valence-corrected chi connectivity index (χ2v) is 6.39.